The molecular formula is C23H25N5O4. The van der Waals surface area contributed by atoms with Gasteiger partial charge in [0.15, 0.2) is 0 Å². The maximum atomic E-state index is 13.1. The number of methoxy groups -OCH3 is 1. The van der Waals surface area contributed by atoms with Crippen molar-refractivity contribution in [3.05, 3.63) is 80.6 Å². The fraction of sp³-hybridized carbons (Fsp3) is 0.304. The van der Waals surface area contributed by atoms with E-state index in [1.807, 2.05) is 43.3 Å². The molecule has 1 fully saturated rings. The van der Waals surface area contributed by atoms with Gasteiger partial charge in [-0.15, -0.1) is 0 Å². The van der Waals surface area contributed by atoms with Crippen molar-refractivity contribution in [2.75, 3.05) is 38.2 Å². The van der Waals surface area contributed by atoms with Crippen molar-refractivity contribution in [2.45, 2.75) is 6.92 Å². The number of amides is 1. The van der Waals surface area contributed by atoms with E-state index in [2.05, 4.69) is 10.00 Å². The summed E-state index contributed by atoms with van der Waals surface area (Å²) in [7, 11) is 2.98. The molecule has 0 N–H and O–H groups in total. The summed E-state index contributed by atoms with van der Waals surface area (Å²) in [5.41, 5.74) is 1.01. The van der Waals surface area contributed by atoms with E-state index in [-0.39, 0.29) is 5.69 Å². The number of ether oxygens (including phenoxy) is 1. The second kappa shape index (κ2) is 8.70. The van der Waals surface area contributed by atoms with E-state index < -0.39 is 17.2 Å². The molecule has 0 spiro atoms. The van der Waals surface area contributed by atoms with Crippen molar-refractivity contribution in [2.24, 2.45) is 7.05 Å². The molecule has 0 bridgehead atoms. The molecule has 1 aliphatic rings. The van der Waals surface area contributed by atoms with Gasteiger partial charge in [0.25, 0.3) is 11.5 Å². The average molecular weight is 435 g/mol. The lowest BCUT2D eigenvalue weighted by molar-refractivity contribution is 0.0735. The Morgan fingerprint density at radius 1 is 0.906 bits per heavy atom. The van der Waals surface area contributed by atoms with Gasteiger partial charge in [-0.1, -0.05) is 17.7 Å². The summed E-state index contributed by atoms with van der Waals surface area (Å²) >= 11 is 0. The van der Waals surface area contributed by atoms with Crippen molar-refractivity contribution in [1.29, 1.82) is 0 Å². The van der Waals surface area contributed by atoms with E-state index in [9.17, 15) is 14.4 Å². The minimum Gasteiger partial charge on any atom is -0.497 e. The molecular weight excluding hydrogens is 410 g/mol. The van der Waals surface area contributed by atoms with Crippen LogP contribution < -0.4 is 20.9 Å². The van der Waals surface area contributed by atoms with Crippen molar-refractivity contribution < 1.29 is 9.53 Å². The van der Waals surface area contributed by atoms with Crippen molar-refractivity contribution in [3.63, 3.8) is 0 Å². The Bertz CT molecular complexity index is 1240. The van der Waals surface area contributed by atoms with Gasteiger partial charge in [-0.05, 0) is 43.3 Å². The molecule has 0 aliphatic carbocycles. The molecule has 1 aliphatic heterocycles. The molecule has 4 rings (SSSR count). The molecule has 32 heavy (non-hydrogen) atoms. The zero-order valence-electron chi connectivity index (χ0n) is 18.3. The molecule has 0 radical (unpaired) electrons. The van der Waals surface area contributed by atoms with Gasteiger partial charge in [-0.25, -0.2) is 4.79 Å². The topological polar surface area (TPSA) is 89.7 Å². The standard InChI is InChI=1S/C23H25N5O4/c1-16-4-6-18(7-5-16)28-23(31)25(2)21(29)20(24-28)22(30)27-14-12-26(13-15-27)17-8-10-19(32-3)11-9-17/h4-11H,12-15H2,1-3H3. The third kappa shape index (κ3) is 4.01. The summed E-state index contributed by atoms with van der Waals surface area (Å²) in [5.74, 6) is 0.314. The minimum atomic E-state index is -0.694. The fourth-order valence-electron chi connectivity index (χ4n) is 3.67. The van der Waals surface area contributed by atoms with Gasteiger partial charge < -0.3 is 14.5 Å². The highest BCUT2D eigenvalue weighted by Gasteiger charge is 2.27. The zero-order valence-corrected chi connectivity index (χ0v) is 18.3. The molecule has 166 valence electrons. The second-order valence-corrected chi connectivity index (χ2v) is 7.72. The number of hydrogen-bond donors (Lipinski definition) is 0. The molecule has 1 amide bonds. The van der Waals surface area contributed by atoms with Gasteiger partial charge >= 0.3 is 5.69 Å². The van der Waals surface area contributed by atoms with Crippen LogP contribution in [0.15, 0.2) is 58.1 Å². The van der Waals surface area contributed by atoms with Crippen LogP contribution in [-0.2, 0) is 7.05 Å². The highest BCUT2D eigenvalue weighted by Crippen LogP contribution is 2.20. The Morgan fingerprint density at radius 3 is 2.09 bits per heavy atom. The summed E-state index contributed by atoms with van der Waals surface area (Å²) in [5, 5.41) is 4.16. The Labute approximate surface area is 185 Å². The predicted molar refractivity (Wildman–Crippen MR) is 121 cm³/mol. The maximum Gasteiger partial charge on any atom is 0.351 e. The number of hydrogen-bond acceptors (Lipinski definition) is 6. The Kier molecular flexibility index (Phi) is 5.81. The van der Waals surface area contributed by atoms with Crippen LogP contribution in [0, 0.1) is 6.92 Å². The van der Waals surface area contributed by atoms with Gasteiger partial charge in [0.1, 0.15) is 5.75 Å². The normalized spacial score (nSPS) is 13.8. The van der Waals surface area contributed by atoms with Crippen LogP contribution in [0.4, 0.5) is 5.69 Å². The first-order valence-corrected chi connectivity index (χ1v) is 10.3. The predicted octanol–water partition coefficient (Wildman–Crippen LogP) is 1.21. The molecule has 0 unspecified atom stereocenters. The van der Waals surface area contributed by atoms with E-state index in [0.717, 1.165) is 26.2 Å². The van der Waals surface area contributed by atoms with Gasteiger partial charge in [-0.2, -0.15) is 9.78 Å². The summed E-state index contributed by atoms with van der Waals surface area (Å²) in [4.78, 5) is 42.2. The molecule has 9 heteroatoms. The van der Waals surface area contributed by atoms with Crippen LogP contribution in [0.5, 0.6) is 5.75 Å². The van der Waals surface area contributed by atoms with Crippen molar-refractivity contribution in [3.8, 4) is 11.4 Å². The molecule has 0 atom stereocenters. The number of piperazine rings is 1. The number of benzene rings is 2. The molecule has 9 nitrogen and oxygen atoms in total. The van der Waals surface area contributed by atoms with E-state index >= 15 is 0 Å². The minimum absolute atomic E-state index is 0.259. The highest BCUT2D eigenvalue weighted by molar-refractivity contribution is 5.92. The summed E-state index contributed by atoms with van der Waals surface area (Å²) < 4.78 is 7.22. The van der Waals surface area contributed by atoms with E-state index in [0.29, 0.717) is 31.9 Å². The Hall–Kier alpha value is -3.88. The third-order valence-corrected chi connectivity index (χ3v) is 5.66. The summed E-state index contributed by atoms with van der Waals surface area (Å²) in [6, 6.07) is 14.9. The monoisotopic (exact) mass is 435 g/mol. The number of nitrogens with zero attached hydrogens (tertiary/aromatic N) is 5. The Balaban J connectivity index is 1.56. The molecule has 0 saturated carbocycles. The van der Waals surface area contributed by atoms with Gasteiger partial charge in [0.05, 0.1) is 12.8 Å². The number of anilines is 1. The first kappa shape index (κ1) is 21.4. The molecule has 1 saturated heterocycles. The molecule has 2 heterocycles. The molecule has 2 aromatic carbocycles. The fourth-order valence-corrected chi connectivity index (χ4v) is 3.67. The maximum absolute atomic E-state index is 13.1. The van der Waals surface area contributed by atoms with Crippen LogP contribution in [0.3, 0.4) is 0 Å². The lowest BCUT2D eigenvalue weighted by atomic mass is 10.2. The van der Waals surface area contributed by atoms with Crippen molar-refractivity contribution in [1.82, 2.24) is 19.2 Å². The summed E-state index contributed by atoms with van der Waals surface area (Å²) in [6.45, 7) is 4.06. The smallest absolute Gasteiger partial charge is 0.351 e. The number of carbonyl (C=O) groups excluding carboxylic acids is 1. The first-order valence-electron chi connectivity index (χ1n) is 10.3. The van der Waals surface area contributed by atoms with E-state index in [1.165, 1.54) is 7.05 Å². The quantitative estimate of drug-likeness (QED) is 0.612. The van der Waals surface area contributed by atoms with Gasteiger partial charge in [0, 0.05) is 38.9 Å². The summed E-state index contributed by atoms with van der Waals surface area (Å²) in [6.07, 6.45) is 0. The van der Waals surface area contributed by atoms with Crippen molar-refractivity contribution >= 4 is 11.6 Å². The highest BCUT2D eigenvalue weighted by atomic mass is 16.5. The SMILES string of the molecule is COc1ccc(N2CCN(C(=O)c3nn(-c4ccc(C)cc4)c(=O)n(C)c3=O)CC2)cc1. The lowest BCUT2D eigenvalue weighted by Gasteiger charge is -2.35. The number of carbonyl (C=O) groups is 1. The van der Waals surface area contributed by atoms with Gasteiger partial charge in [-0.3, -0.25) is 14.2 Å². The van der Waals surface area contributed by atoms with E-state index in [1.54, 1.807) is 24.1 Å². The number of aromatic nitrogens is 3. The van der Waals surface area contributed by atoms with Crippen LogP contribution in [0.2, 0.25) is 0 Å². The zero-order chi connectivity index (χ0) is 22.8. The first-order chi connectivity index (χ1) is 15.4. The molecule has 3 aromatic rings. The second-order valence-electron chi connectivity index (χ2n) is 7.72. The van der Waals surface area contributed by atoms with Crippen LogP contribution in [0.25, 0.3) is 5.69 Å². The number of rotatable bonds is 4. The van der Waals surface area contributed by atoms with Crippen LogP contribution in [0.1, 0.15) is 16.1 Å². The number of aryl methyl sites for hydroxylation is 1. The lowest BCUT2D eigenvalue weighted by Crippen LogP contribution is -2.51. The largest absolute Gasteiger partial charge is 0.497 e. The van der Waals surface area contributed by atoms with Crippen LogP contribution in [-0.4, -0.2) is 58.4 Å². The Morgan fingerprint density at radius 2 is 1.50 bits per heavy atom. The van der Waals surface area contributed by atoms with E-state index in [4.69, 9.17) is 4.74 Å². The van der Waals surface area contributed by atoms with Crippen LogP contribution >= 0.6 is 0 Å². The average Bonchev–Trinajstić information content (AvgIpc) is 2.83. The molecule has 1 aromatic heterocycles. The van der Waals surface area contributed by atoms with Gasteiger partial charge in [0.2, 0.25) is 5.69 Å². The third-order valence-electron chi connectivity index (χ3n) is 5.66.